The average Bonchev–Trinajstić information content (AvgIpc) is 1.56. The van der Waals surface area contributed by atoms with Gasteiger partial charge in [0.25, 0.3) is 0 Å². The molecule has 16 aromatic rings. The van der Waals surface area contributed by atoms with Gasteiger partial charge in [0.2, 0.25) is 0 Å². The molecule has 8 heteroatoms. The fraction of sp³-hybridized carbons (Fsp3) is 0.152. The fourth-order valence-electron chi connectivity index (χ4n) is 16.4. The first kappa shape index (κ1) is 71.6. The normalized spacial score (nSPS) is 15.1. The van der Waals surface area contributed by atoms with Gasteiger partial charge in [-0.3, -0.25) is 0 Å². The highest BCUT2D eigenvalue weighted by Crippen LogP contribution is 2.53. The van der Waals surface area contributed by atoms with E-state index >= 15 is 0 Å². The van der Waals surface area contributed by atoms with E-state index in [2.05, 4.69) is 383 Å². The lowest BCUT2D eigenvalue weighted by Gasteiger charge is -2.32. The minimum Gasteiger partial charge on any atom is -0.399 e. The van der Waals surface area contributed by atoms with Gasteiger partial charge in [-0.25, -0.2) is 0 Å². The summed E-state index contributed by atoms with van der Waals surface area (Å²) in [4.78, 5) is 2.31. The number of para-hydroxylation sites is 4. The molecule has 0 unspecified atom stereocenters. The predicted octanol–water partition coefficient (Wildman–Crippen LogP) is 28.2. The van der Waals surface area contributed by atoms with Crippen molar-refractivity contribution in [1.29, 1.82) is 0 Å². The molecule has 16 aromatic carbocycles. The maximum Gasteiger partial charge on any atom is 0.494 e. The van der Waals surface area contributed by atoms with Crippen LogP contribution in [0.15, 0.2) is 330 Å². The summed E-state index contributed by atoms with van der Waals surface area (Å²) in [5, 5.41) is 19.8. The molecule has 1 fully saturated rings. The predicted molar refractivity (Wildman–Crippen MR) is 473 cm³/mol. The van der Waals surface area contributed by atoms with E-state index in [4.69, 9.17) is 9.31 Å². The lowest BCUT2D eigenvalue weighted by Crippen LogP contribution is -2.41. The molecule has 0 saturated carbocycles. The summed E-state index contributed by atoms with van der Waals surface area (Å²) in [6.07, 6.45) is 0. The van der Waals surface area contributed by atoms with Gasteiger partial charge in [-0.1, -0.05) is 274 Å². The standard InChI is InChI=1S/C35H27N.C23H25BO2.C23H17Br.C12H11N.C6H4BrI/c1-35(2)31-15-9-10-25-16-17-26-22-27(23-32(35)34(26)33(25)31)24-18-20-30(21-19-24)36(28-11-5-3-6-12-28)29-13-7-4-8-14-29;1-21(2)17-9-7-8-14-10-11-15-12-16(13-18(21)20(15)19(14)17)24-25-22(3,4)23(5,6)26-24;1-23(2)19-5-3-4-15-6-7-16-12-17(13-20(23)22(16)21(15)19)14-8-10-18(24)11-9-14;1-3-7-11(8-4-1)13-12-9-5-2-6-10-12;7-5-1-3-6(8)4-2-5/h3-23H,1-2H3;7-13H,1-6H3;3-13H,1-2H3;1-10,13H;1-4H. The van der Waals surface area contributed by atoms with Crippen molar-refractivity contribution in [2.75, 3.05) is 10.2 Å². The van der Waals surface area contributed by atoms with Crippen molar-refractivity contribution in [3.63, 3.8) is 0 Å². The van der Waals surface area contributed by atoms with Crippen LogP contribution in [0.25, 0.3) is 86.9 Å². The molecule has 0 radical (unpaired) electrons. The molecule has 4 nitrogen and oxygen atoms in total. The summed E-state index contributed by atoms with van der Waals surface area (Å²) in [5.41, 5.74) is 19.8. The van der Waals surface area contributed by atoms with Gasteiger partial charge in [0.1, 0.15) is 0 Å². The van der Waals surface area contributed by atoms with E-state index in [0.29, 0.717) is 0 Å². The fourth-order valence-corrected chi connectivity index (χ4v) is 17.3. The minimum absolute atomic E-state index is 0.00514. The quantitative estimate of drug-likeness (QED) is 0.0934. The third-order valence-corrected chi connectivity index (χ3v) is 24.5. The van der Waals surface area contributed by atoms with Crippen LogP contribution in [0.1, 0.15) is 103 Å². The Bertz CT molecular complexity index is 5910. The minimum atomic E-state index is -0.324. The van der Waals surface area contributed by atoms with E-state index < -0.39 is 0 Å². The van der Waals surface area contributed by atoms with Crippen molar-refractivity contribution in [2.45, 2.75) is 96.7 Å². The van der Waals surface area contributed by atoms with Crippen molar-refractivity contribution in [3.05, 3.63) is 367 Å². The molecule has 107 heavy (non-hydrogen) atoms. The Labute approximate surface area is 660 Å². The molecule has 1 heterocycles. The first-order valence-corrected chi connectivity index (χ1v) is 39.6. The Morgan fingerprint density at radius 2 is 0.607 bits per heavy atom. The monoisotopic (exact) mass is 1630 g/mol. The van der Waals surface area contributed by atoms with Gasteiger partial charge in [-0.15, -0.1) is 0 Å². The average molecular weight is 1630 g/mol. The molecule has 3 aliphatic carbocycles. The SMILES string of the molecule is Brc1ccc(I)cc1.CC1(C)c2cccc3ccc4cc(-c5ccc(Br)cc5)cc1c4c23.CC1(C)c2cccc3ccc4cc(-c5ccc(N(c6ccccc6)c6ccccc6)cc5)cc1c4c23.CC1(C)c2cccc3ccc4cc(B5OC(C)(C)C(C)(C)O5)cc1c4c23.c1ccc(Nc2ccccc2)cc1. The molecular formula is C99H84BBr2IN2O2. The van der Waals surface area contributed by atoms with Crippen molar-refractivity contribution >= 4 is 160 Å². The van der Waals surface area contributed by atoms with E-state index in [1.54, 1.807) is 0 Å². The zero-order valence-electron chi connectivity index (χ0n) is 62.1. The van der Waals surface area contributed by atoms with Gasteiger partial charge < -0.3 is 19.5 Å². The summed E-state index contributed by atoms with van der Waals surface area (Å²) in [6.45, 7) is 22.5. The van der Waals surface area contributed by atoms with Gasteiger partial charge in [-0.2, -0.15) is 0 Å². The van der Waals surface area contributed by atoms with Crippen molar-refractivity contribution in [2.24, 2.45) is 0 Å². The number of anilines is 5. The molecule has 0 atom stereocenters. The van der Waals surface area contributed by atoms with Gasteiger partial charge >= 0.3 is 7.12 Å². The summed E-state index contributed by atoms with van der Waals surface area (Å²) in [5.74, 6) is 0. The number of nitrogens with zero attached hydrogens (tertiary/aromatic N) is 1. The highest BCUT2D eigenvalue weighted by atomic mass is 127. The smallest absolute Gasteiger partial charge is 0.399 e. The largest absolute Gasteiger partial charge is 0.494 e. The highest BCUT2D eigenvalue weighted by molar-refractivity contribution is 14.1. The summed E-state index contributed by atoms with van der Waals surface area (Å²) < 4.78 is 16.2. The third-order valence-electron chi connectivity index (χ3n) is 22.8. The summed E-state index contributed by atoms with van der Waals surface area (Å²) in [7, 11) is -0.323. The van der Waals surface area contributed by atoms with Crippen molar-refractivity contribution < 1.29 is 9.31 Å². The van der Waals surface area contributed by atoms with Crippen LogP contribution in [0.4, 0.5) is 28.4 Å². The van der Waals surface area contributed by atoms with E-state index in [1.165, 1.54) is 124 Å². The van der Waals surface area contributed by atoms with Gasteiger partial charge in [0.15, 0.2) is 0 Å². The Morgan fingerprint density at radius 3 is 0.991 bits per heavy atom. The Kier molecular flexibility index (Phi) is 19.1. The lowest BCUT2D eigenvalue weighted by molar-refractivity contribution is 0.00578. The number of hydrogen-bond acceptors (Lipinski definition) is 4. The van der Waals surface area contributed by atoms with E-state index in [0.717, 1.165) is 42.8 Å². The van der Waals surface area contributed by atoms with E-state index in [1.807, 2.05) is 72.8 Å². The molecular weight excluding hydrogens is 1550 g/mol. The maximum atomic E-state index is 6.32. The second-order valence-electron chi connectivity index (χ2n) is 31.1. The molecule has 1 saturated heterocycles. The van der Waals surface area contributed by atoms with Gasteiger partial charge in [-0.05, 0) is 297 Å². The van der Waals surface area contributed by atoms with Crippen LogP contribution in [-0.2, 0) is 25.6 Å². The van der Waals surface area contributed by atoms with Crippen LogP contribution in [0.5, 0.6) is 0 Å². The Hall–Kier alpha value is -9.65. The van der Waals surface area contributed by atoms with E-state index in [9.17, 15) is 0 Å². The molecule has 0 bridgehead atoms. The third kappa shape index (κ3) is 13.5. The second-order valence-corrected chi connectivity index (χ2v) is 34.2. The van der Waals surface area contributed by atoms with Crippen LogP contribution in [0.2, 0.25) is 0 Å². The maximum absolute atomic E-state index is 6.32. The lowest BCUT2D eigenvalue weighted by atomic mass is 9.74. The molecule has 1 aliphatic heterocycles. The van der Waals surface area contributed by atoms with Crippen LogP contribution in [-0.4, -0.2) is 18.3 Å². The molecule has 4 aliphatic rings. The Balaban J connectivity index is 0.000000110. The van der Waals surface area contributed by atoms with Crippen LogP contribution >= 0.6 is 54.5 Å². The second kappa shape index (κ2) is 28.5. The van der Waals surface area contributed by atoms with Crippen molar-refractivity contribution in [3.8, 4) is 22.3 Å². The topological polar surface area (TPSA) is 33.7 Å². The van der Waals surface area contributed by atoms with Crippen LogP contribution < -0.4 is 15.7 Å². The van der Waals surface area contributed by atoms with Crippen molar-refractivity contribution in [1.82, 2.24) is 0 Å². The number of rotatable bonds is 8. The van der Waals surface area contributed by atoms with Crippen LogP contribution in [0, 0.1) is 3.57 Å². The van der Waals surface area contributed by atoms with Crippen LogP contribution in [0.3, 0.4) is 0 Å². The highest BCUT2D eigenvalue weighted by Gasteiger charge is 2.52. The summed E-state index contributed by atoms with van der Waals surface area (Å²) >= 11 is 9.15. The first-order chi connectivity index (χ1) is 51.5. The molecule has 0 amide bonds. The zero-order chi connectivity index (χ0) is 74.2. The Morgan fingerprint density at radius 1 is 0.290 bits per heavy atom. The number of benzene rings is 16. The molecule has 526 valence electrons. The number of nitrogens with one attached hydrogen (secondary N) is 1. The molecule has 20 rings (SSSR count). The van der Waals surface area contributed by atoms with Gasteiger partial charge in [0, 0.05) is 57.2 Å². The molecule has 1 N–H and O–H groups in total. The first-order valence-electron chi connectivity index (χ1n) is 36.9. The molecule has 0 aromatic heterocycles. The zero-order valence-corrected chi connectivity index (χ0v) is 67.4. The number of halogens is 3. The summed E-state index contributed by atoms with van der Waals surface area (Å²) in [6, 6.07) is 115. The number of hydrogen-bond donors (Lipinski definition) is 1. The van der Waals surface area contributed by atoms with E-state index in [-0.39, 0.29) is 34.6 Å². The molecule has 0 spiro atoms. The van der Waals surface area contributed by atoms with Gasteiger partial charge in [0.05, 0.1) is 11.2 Å².